The van der Waals surface area contributed by atoms with Crippen LogP contribution >= 0.6 is 7.37 Å². The maximum atomic E-state index is 14.2. The van der Waals surface area contributed by atoms with E-state index in [4.69, 9.17) is 4.52 Å². The van der Waals surface area contributed by atoms with Crippen molar-refractivity contribution in [2.45, 2.75) is 31.9 Å². The fraction of sp³-hybridized carbons (Fsp3) is 0.226. The largest absolute Gasteiger partial charge is 0.323 e. The van der Waals surface area contributed by atoms with E-state index in [9.17, 15) is 4.57 Å². The second-order valence-electron chi connectivity index (χ2n) is 8.83. The zero-order chi connectivity index (χ0) is 24.4. The molecule has 0 bridgehead atoms. The first kappa shape index (κ1) is 25.1. The van der Waals surface area contributed by atoms with Crippen LogP contribution in [0.2, 0.25) is 0 Å². The summed E-state index contributed by atoms with van der Waals surface area (Å²) in [6, 6.07) is 41.2. The van der Waals surface area contributed by atoms with Crippen LogP contribution in [-0.2, 0) is 21.2 Å². The lowest BCUT2D eigenvalue weighted by atomic mass is 9.77. The summed E-state index contributed by atoms with van der Waals surface area (Å²) < 4.78 is 20.4. The average Bonchev–Trinajstić information content (AvgIpc) is 2.94. The summed E-state index contributed by atoms with van der Waals surface area (Å²) in [6.07, 6.45) is 2.67. The van der Waals surface area contributed by atoms with Crippen LogP contribution in [-0.4, -0.2) is 12.4 Å². The molecule has 1 unspecified atom stereocenters. The molecule has 0 saturated heterocycles. The highest BCUT2D eigenvalue weighted by Gasteiger charge is 2.38. The zero-order valence-corrected chi connectivity index (χ0v) is 21.2. The Morgan fingerprint density at radius 3 is 1.54 bits per heavy atom. The van der Waals surface area contributed by atoms with E-state index in [1.54, 1.807) is 0 Å². The molecule has 4 aromatic rings. The standard InChI is InChI=1S/C31H34NO2P/c1-2-3-24-35(33,34-25-27-16-8-4-9-17-27)26-32-31(28-18-10-5-11-19-28,29-20-12-6-13-21-29)30-22-14-7-15-23-30/h4-23,32H,2-3,24-26H2,1H3. The van der Waals surface area contributed by atoms with E-state index in [2.05, 4.69) is 85.0 Å². The maximum absolute atomic E-state index is 14.2. The van der Waals surface area contributed by atoms with E-state index < -0.39 is 12.9 Å². The lowest BCUT2D eigenvalue weighted by Gasteiger charge is -2.38. The van der Waals surface area contributed by atoms with E-state index in [1.165, 1.54) is 0 Å². The molecule has 3 nitrogen and oxygen atoms in total. The van der Waals surface area contributed by atoms with Crippen molar-refractivity contribution >= 4 is 7.37 Å². The van der Waals surface area contributed by atoms with Gasteiger partial charge in [0.15, 0.2) is 0 Å². The van der Waals surface area contributed by atoms with Crippen LogP contribution < -0.4 is 5.32 Å². The van der Waals surface area contributed by atoms with Gasteiger partial charge in [0.25, 0.3) is 0 Å². The van der Waals surface area contributed by atoms with Crippen LogP contribution in [0.1, 0.15) is 42.0 Å². The molecule has 180 valence electrons. The van der Waals surface area contributed by atoms with E-state index in [0.29, 0.717) is 12.8 Å². The van der Waals surface area contributed by atoms with Gasteiger partial charge >= 0.3 is 0 Å². The van der Waals surface area contributed by atoms with Crippen molar-refractivity contribution in [1.82, 2.24) is 5.32 Å². The van der Waals surface area contributed by atoms with Gasteiger partial charge in [-0.2, -0.15) is 0 Å². The Balaban J connectivity index is 1.73. The summed E-state index contributed by atoms with van der Waals surface area (Å²) in [7, 11) is -2.97. The highest BCUT2D eigenvalue weighted by Crippen LogP contribution is 2.49. The van der Waals surface area contributed by atoms with Crippen molar-refractivity contribution in [2.24, 2.45) is 0 Å². The lowest BCUT2D eigenvalue weighted by Crippen LogP contribution is -2.45. The first-order chi connectivity index (χ1) is 17.2. The van der Waals surface area contributed by atoms with Gasteiger partial charge in [-0.1, -0.05) is 135 Å². The molecule has 1 N–H and O–H groups in total. The topological polar surface area (TPSA) is 38.3 Å². The van der Waals surface area contributed by atoms with Crippen molar-refractivity contribution in [3.8, 4) is 0 Å². The monoisotopic (exact) mass is 483 g/mol. The minimum absolute atomic E-state index is 0.276. The highest BCUT2D eigenvalue weighted by molar-refractivity contribution is 7.58. The fourth-order valence-corrected chi connectivity index (χ4v) is 6.50. The molecule has 1 atom stereocenters. The van der Waals surface area contributed by atoms with Gasteiger partial charge in [-0.15, -0.1) is 0 Å². The number of nitrogens with one attached hydrogen (secondary N) is 1. The van der Waals surface area contributed by atoms with Gasteiger partial charge in [0.2, 0.25) is 7.37 Å². The lowest BCUT2D eigenvalue weighted by molar-refractivity contribution is 0.297. The predicted octanol–water partition coefficient (Wildman–Crippen LogP) is 7.82. The van der Waals surface area contributed by atoms with E-state index in [-0.39, 0.29) is 6.29 Å². The van der Waals surface area contributed by atoms with Gasteiger partial charge in [-0.05, 0) is 28.7 Å². The van der Waals surface area contributed by atoms with E-state index in [1.807, 2.05) is 48.5 Å². The van der Waals surface area contributed by atoms with Gasteiger partial charge in [0.1, 0.15) is 0 Å². The summed E-state index contributed by atoms with van der Waals surface area (Å²) in [4.78, 5) is 0. The summed E-state index contributed by atoms with van der Waals surface area (Å²) >= 11 is 0. The smallest absolute Gasteiger partial charge is 0.216 e. The molecule has 0 aliphatic rings. The minimum Gasteiger partial charge on any atom is -0.323 e. The van der Waals surface area contributed by atoms with Crippen LogP contribution in [0.15, 0.2) is 121 Å². The molecular weight excluding hydrogens is 449 g/mol. The number of unbranched alkanes of at least 4 members (excludes halogenated alkanes) is 1. The van der Waals surface area contributed by atoms with Crippen molar-refractivity contribution in [2.75, 3.05) is 12.4 Å². The van der Waals surface area contributed by atoms with E-state index >= 15 is 0 Å². The van der Waals surface area contributed by atoms with Crippen molar-refractivity contribution in [1.29, 1.82) is 0 Å². The minimum atomic E-state index is -2.97. The van der Waals surface area contributed by atoms with Crippen molar-refractivity contribution < 1.29 is 9.09 Å². The van der Waals surface area contributed by atoms with E-state index in [0.717, 1.165) is 35.1 Å². The SMILES string of the molecule is CCCCP(=O)(CNC(c1ccccc1)(c1ccccc1)c1ccccc1)OCc1ccccc1. The number of hydrogen-bond donors (Lipinski definition) is 1. The molecule has 4 aromatic carbocycles. The van der Waals surface area contributed by atoms with Gasteiger partial charge in [0, 0.05) is 6.16 Å². The van der Waals surface area contributed by atoms with Gasteiger partial charge in [0.05, 0.1) is 18.4 Å². The summed E-state index contributed by atoms with van der Waals surface area (Å²) in [5.41, 5.74) is 3.67. The molecule has 0 radical (unpaired) electrons. The quantitative estimate of drug-likeness (QED) is 0.165. The third-order valence-corrected chi connectivity index (χ3v) is 8.60. The molecule has 4 rings (SSSR count). The number of hydrogen-bond acceptors (Lipinski definition) is 3. The van der Waals surface area contributed by atoms with Gasteiger partial charge in [-0.25, -0.2) is 0 Å². The molecule has 4 heteroatoms. The molecule has 0 aliphatic heterocycles. The second-order valence-corrected chi connectivity index (χ2v) is 11.5. The molecule has 0 spiro atoms. The van der Waals surface area contributed by atoms with Crippen LogP contribution in [0.5, 0.6) is 0 Å². The molecule has 0 amide bonds. The van der Waals surface area contributed by atoms with Crippen LogP contribution in [0.3, 0.4) is 0 Å². The first-order valence-electron chi connectivity index (χ1n) is 12.3. The third kappa shape index (κ3) is 6.18. The fourth-order valence-electron chi connectivity index (χ4n) is 4.46. The Morgan fingerprint density at radius 1 is 0.686 bits per heavy atom. The second kappa shape index (κ2) is 12.1. The molecule has 0 saturated carbocycles. The predicted molar refractivity (Wildman–Crippen MR) is 146 cm³/mol. The molecular formula is C31H34NO2P. The van der Waals surface area contributed by atoms with Gasteiger partial charge in [-0.3, -0.25) is 9.88 Å². The molecule has 0 fully saturated rings. The number of benzene rings is 4. The third-order valence-electron chi connectivity index (χ3n) is 6.37. The Labute approximate surface area is 209 Å². The van der Waals surface area contributed by atoms with Gasteiger partial charge < -0.3 is 4.52 Å². The summed E-state index contributed by atoms with van der Waals surface area (Å²) in [6.45, 7) is 2.47. The van der Waals surface area contributed by atoms with Crippen molar-refractivity contribution in [3.63, 3.8) is 0 Å². The zero-order valence-electron chi connectivity index (χ0n) is 20.3. The Hall–Kier alpha value is -2.97. The summed E-state index contributed by atoms with van der Waals surface area (Å²) in [5, 5.41) is 3.78. The maximum Gasteiger partial charge on any atom is 0.216 e. The number of rotatable bonds is 12. The molecule has 35 heavy (non-hydrogen) atoms. The van der Waals surface area contributed by atoms with Crippen LogP contribution in [0, 0.1) is 0 Å². The van der Waals surface area contributed by atoms with Crippen LogP contribution in [0.4, 0.5) is 0 Å². The summed E-state index contributed by atoms with van der Waals surface area (Å²) in [5.74, 6) is 0. The normalized spacial score (nSPS) is 13.3. The first-order valence-corrected chi connectivity index (χ1v) is 14.3. The molecule has 0 aromatic heterocycles. The molecule has 0 heterocycles. The average molecular weight is 484 g/mol. The van der Waals surface area contributed by atoms with Crippen LogP contribution in [0.25, 0.3) is 0 Å². The highest BCUT2D eigenvalue weighted by atomic mass is 31.2. The Morgan fingerprint density at radius 2 is 1.11 bits per heavy atom. The van der Waals surface area contributed by atoms with Crippen molar-refractivity contribution in [3.05, 3.63) is 144 Å². The Kier molecular flexibility index (Phi) is 8.71. The molecule has 0 aliphatic carbocycles. The Bertz CT molecular complexity index is 1100.